The zero-order chi connectivity index (χ0) is 12.6. The fourth-order valence-corrected chi connectivity index (χ4v) is 0. The number of hydrogen-bond donors (Lipinski definition) is 0. The molecule has 0 aliphatic rings. The Labute approximate surface area is 111 Å². The summed E-state index contributed by atoms with van der Waals surface area (Å²) in [4.78, 5) is 27.1. The molecule has 0 atom stereocenters. The molecule has 0 unspecified atom stereocenters. The number of aliphatic carboxylic acids is 1. The molecule has 0 N–H and O–H groups in total. The van der Waals surface area contributed by atoms with Crippen molar-refractivity contribution in [2.75, 3.05) is 12.9 Å². The van der Waals surface area contributed by atoms with E-state index in [1.807, 2.05) is 0 Å². The number of rotatable bonds is 0. The van der Waals surface area contributed by atoms with Gasteiger partial charge in [0.15, 0.2) is 0 Å². The van der Waals surface area contributed by atoms with Gasteiger partial charge in [0.2, 0.25) is 0 Å². The van der Waals surface area contributed by atoms with E-state index >= 15 is 0 Å². The monoisotopic (exact) mass is 308 g/mol. The fraction of sp³-hybridized carbons (Fsp3) is 0.375. The topological polar surface area (TPSA) is 161 Å². The minimum atomic E-state index is -4.14. The Bertz CT molecular complexity index is 272. The Balaban J connectivity index is -0.0000000183. The van der Waals surface area contributed by atoms with Crippen LogP contribution in [0.5, 0.6) is 0 Å². The molecule has 0 amide bonds. The molecular formula is C8H21O8PS. The van der Waals surface area contributed by atoms with Gasteiger partial charge < -0.3 is 28.8 Å². The van der Waals surface area contributed by atoms with Crippen LogP contribution in [0.25, 0.3) is 0 Å². The molecule has 0 saturated carbocycles. The zero-order valence-corrected chi connectivity index (χ0v) is 13.3. The third kappa shape index (κ3) is 3010. The smallest absolute Gasteiger partial charge is 0.0916 e. The van der Waals surface area contributed by atoms with Gasteiger partial charge in [0.25, 0.3) is 0 Å². The maximum atomic E-state index is 9.10. The molecule has 0 aliphatic carbocycles. The van der Waals surface area contributed by atoms with Crippen molar-refractivity contribution in [2.45, 2.75) is 6.92 Å². The average Bonchev–Trinajstić information content (AvgIpc) is 1.45. The van der Waals surface area contributed by atoms with E-state index in [4.69, 9.17) is 37.2 Å². The van der Waals surface area contributed by atoms with Crippen LogP contribution in [-0.4, -0.2) is 31.9 Å². The lowest BCUT2D eigenvalue weighted by molar-refractivity contribution is -0.311. The average molecular weight is 308 g/mol. The van der Waals surface area contributed by atoms with Crippen molar-refractivity contribution in [3.63, 3.8) is 0 Å². The predicted octanol–water partition coefficient (Wildman–Crippen LogP) is -1.75. The number of carboxylic acid groups (broad SMARTS) is 1. The third-order valence-corrected chi connectivity index (χ3v) is 0. The lowest BCUT2D eigenvalue weighted by atomic mass is 10.9. The second kappa shape index (κ2) is 18.4. The van der Waals surface area contributed by atoms with Crippen molar-refractivity contribution in [3.8, 4) is 0 Å². The first-order chi connectivity index (χ1) is 5.73. The molecule has 18 heavy (non-hydrogen) atoms. The highest BCUT2D eigenvalue weighted by atomic mass is 32.2. The largest absolute Gasteiger partial charge is 0.811 e. The van der Waals surface area contributed by atoms with E-state index in [2.05, 4.69) is 0 Å². The van der Waals surface area contributed by atoms with Gasteiger partial charge in [-0.25, -0.2) is 8.42 Å². The number of carboxylic acids is 1. The molecule has 0 spiro atoms. The number of carbonyl (C=O) groups is 1. The predicted molar refractivity (Wildman–Crippen MR) is 65.5 cm³/mol. The molecule has 0 rings (SSSR count). The molecule has 0 aromatic heterocycles. The normalized spacial score (nSPS) is 7.89. The molecule has 10 heteroatoms. The van der Waals surface area contributed by atoms with Gasteiger partial charge in [-0.2, -0.15) is 0 Å². The van der Waals surface area contributed by atoms with Gasteiger partial charge in [-0.15, -0.1) is 0 Å². The Kier molecular flexibility index (Phi) is 44.4. The van der Waals surface area contributed by atoms with Gasteiger partial charge in [-0.1, -0.05) is 7.60 Å². The van der Waals surface area contributed by atoms with Gasteiger partial charge in [-0.3, -0.25) is 0 Å². The van der Waals surface area contributed by atoms with Crippen LogP contribution < -0.4 is 14.9 Å². The molecule has 0 heterocycles. The van der Waals surface area contributed by atoms with Gasteiger partial charge in [-0.05, 0) is 13.6 Å². The quantitative estimate of drug-likeness (QED) is 0.289. The Morgan fingerprint density at radius 1 is 1.06 bits per heavy atom. The van der Waals surface area contributed by atoms with Crippen LogP contribution >= 0.6 is 7.60 Å². The molecule has 0 aromatic rings. The van der Waals surface area contributed by atoms with E-state index in [0.29, 0.717) is 12.9 Å². The van der Waals surface area contributed by atoms with Gasteiger partial charge in [0.05, 0.1) is 10.1 Å². The lowest BCUT2D eigenvalue weighted by Crippen LogP contribution is -2.16. The van der Waals surface area contributed by atoms with Crippen LogP contribution in [-0.2, 0) is 19.5 Å². The first-order valence-corrected chi connectivity index (χ1v) is 6.62. The summed E-state index contributed by atoms with van der Waals surface area (Å²) < 4.78 is 36.3. The highest BCUT2D eigenvalue weighted by Crippen LogP contribution is 2.12. The van der Waals surface area contributed by atoms with Crippen LogP contribution in [0.15, 0.2) is 0 Å². The maximum absolute atomic E-state index is 9.10. The molecule has 8 nitrogen and oxygen atoms in total. The van der Waals surface area contributed by atoms with Crippen molar-refractivity contribution in [1.29, 1.82) is 0 Å². The molecule has 0 aliphatic heterocycles. The van der Waals surface area contributed by atoms with Gasteiger partial charge in [0, 0.05) is 41.9 Å². The lowest BCUT2D eigenvalue weighted by Gasteiger charge is -2.22. The second-order valence-electron chi connectivity index (χ2n) is 1.97. The first-order valence-electron chi connectivity index (χ1n) is 2.81. The van der Waals surface area contributed by atoms with Crippen LogP contribution in [0.2, 0.25) is 0 Å². The minimum Gasteiger partial charge on any atom is -0.811 e. The van der Waals surface area contributed by atoms with E-state index in [9.17, 15) is 0 Å². The van der Waals surface area contributed by atoms with Crippen molar-refractivity contribution < 1.29 is 37.2 Å². The number of carbonyl (C=O) groups excluding carboxylic acids is 1. The van der Waals surface area contributed by atoms with Crippen molar-refractivity contribution in [2.24, 2.45) is 0 Å². The van der Waals surface area contributed by atoms with E-state index in [0.717, 1.165) is 6.92 Å². The summed E-state index contributed by atoms with van der Waals surface area (Å²) in [6.45, 7) is 1.60. The van der Waals surface area contributed by atoms with E-state index in [1.54, 1.807) is 0 Å². The van der Waals surface area contributed by atoms with E-state index < -0.39 is 23.7 Å². The molecule has 0 aromatic carbocycles. The SMILES string of the molecule is CC(=O)[O-].CP(=O)([O-])[O-].CS(=O)(=O)[O-].[CH3+].[CH3+].[CH3+].[CH3+]. The fourth-order valence-electron chi connectivity index (χ4n) is 0. The minimum absolute atomic E-state index is 0. The molecule has 0 fully saturated rings. The highest BCUT2D eigenvalue weighted by molar-refractivity contribution is 7.84. The molecular weight excluding hydrogens is 287 g/mol. The summed E-state index contributed by atoms with van der Waals surface area (Å²) in [7, 11) is -8.06. The van der Waals surface area contributed by atoms with Crippen LogP contribution in [0, 0.1) is 29.7 Å². The Morgan fingerprint density at radius 3 is 1.06 bits per heavy atom. The molecule has 112 valence electrons. The standard InChI is InChI=1S/C2H4O2.CH5O3P.CH4O3S.4CH3/c1-2(3)4;2*1-5(2,3)4;;;;/h1H3,(H,3,4);1H3,(H2,2,3,4);1H3,(H,2,3,4);4*1H3/q;;;4*+1/p-4. The summed E-state index contributed by atoms with van der Waals surface area (Å²) in [5.41, 5.74) is 0. The molecule has 0 bridgehead atoms. The number of hydrogen-bond acceptors (Lipinski definition) is 8. The summed E-state index contributed by atoms with van der Waals surface area (Å²) >= 11 is 0. The highest BCUT2D eigenvalue weighted by Gasteiger charge is 1.65. The van der Waals surface area contributed by atoms with Crippen molar-refractivity contribution in [3.05, 3.63) is 29.7 Å². The van der Waals surface area contributed by atoms with Crippen molar-refractivity contribution in [1.82, 2.24) is 0 Å². The zero-order valence-electron chi connectivity index (χ0n) is 11.6. The summed E-state index contributed by atoms with van der Waals surface area (Å²) in [6, 6.07) is 0. The van der Waals surface area contributed by atoms with Crippen LogP contribution in [0.4, 0.5) is 0 Å². The second-order valence-corrected chi connectivity index (χ2v) is 4.92. The van der Waals surface area contributed by atoms with Crippen molar-refractivity contribution >= 4 is 23.7 Å². The first kappa shape index (κ1) is 43.5. The summed E-state index contributed by atoms with van der Waals surface area (Å²) in [5.74, 6) is -1.08. The summed E-state index contributed by atoms with van der Waals surface area (Å²) in [6.07, 6.45) is 0.604. The third-order valence-electron chi connectivity index (χ3n) is 0. The van der Waals surface area contributed by atoms with Gasteiger partial charge in [0.1, 0.15) is 0 Å². The maximum Gasteiger partial charge on any atom is 0.0916 e. The Hall–Kier alpha value is -0.990. The summed E-state index contributed by atoms with van der Waals surface area (Å²) in [5, 5.41) is 8.89. The Morgan fingerprint density at radius 2 is 1.06 bits per heavy atom. The van der Waals surface area contributed by atoms with E-state index in [1.165, 1.54) is 0 Å². The molecule has 0 saturated heterocycles. The van der Waals surface area contributed by atoms with Gasteiger partial charge >= 0.3 is 0 Å². The van der Waals surface area contributed by atoms with E-state index in [-0.39, 0.29) is 29.7 Å². The van der Waals surface area contributed by atoms with Crippen LogP contribution in [0.1, 0.15) is 6.92 Å². The van der Waals surface area contributed by atoms with Crippen LogP contribution in [0.3, 0.4) is 0 Å². The molecule has 0 radical (unpaired) electrons.